The van der Waals surface area contributed by atoms with Crippen molar-refractivity contribution in [1.82, 2.24) is 19.9 Å². The van der Waals surface area contributed by atoms with E-state index in [0.717, 1.165) is 22.8 Å². The molecule has 1 amide bonds. The van der Waals surface area contributed by atoms with Crippen LogP contribution in [0.3, 0.4) is 0 Å². The minimum atomic E-state index is 0.135. The lowest BCUT2D eigenvalue weighted by Gasteiger charge is -2.32. The number of aryl methyl sites for hydroxylation is 1. The molecule has 0 unspecified atom stereocenters. The molecule has 0 radical (unpaired) electrons. The minimum absolute atomic E-state index is 0.135. The Morgan fingerprint density at radius 2 is 2.41 bits per heavy atom. The maximum atomic E-state index is 12.5. The van der Waals surface area contributed by atoms with E-state index in [9.17, 15) is 4.79 Å². The zero-order valence-electron chi connectivity index (χ0n) is 12.9. The number of fused-ring (bicyclic) bond motifs is 1. The topological polar surface area (TPSA) is 60.2 Å². The number of hydrogen-bond acceptors (Lipinski definition) is 5. The van der Waals surface area contributed by atoms with E-state index in [1.54, 1.807) is 18.4 Å². The number of ether oxygens (including phenoxy) is 1. The molecule has 1 aliphatic rings. The molecule has 22 heavy (non-hydrogen) atoms. The van der Waals surface area contributed by atoms with Crippen LogP contribution in [0.2, 0.25) is 0 Å². The van der Waals surface area contributed by atoms with Gasteiger partial charge in [0, 0.05) is 31.0 Å². The van der Waals surface area contributed by atoms with Gasteiger partial charge >= 0.3 is 0 Å². The molecule has 3 heterocycles. The maximum Gasteiger partial charge on any atom is 0.228 e. The first-order chi connectivity index (χ1) is 10.7. The predicted molar refractivity (Wildman–Crippen MR) is 83.8 cm³/mol. The number of rotatable bonds is 5. The first-order valence-corrected chi connectivity index (χ1v) is 8.32. The summed E-state index contributed by atoms with van der Waals surface area (Å²) >= 11 is 1.62. The quantitative estimate of drug-likeness (QED) is 0.841. The normalized spacial score (nSPS) is 17.5. The smallest absolute Gasteiger partial charge is 0.228 e. The third-order valence-electron chi connectivity index (χ3n) is 3.94. The average Bonchev–Trinajstić information content (AvgIpc) is 3.16. The van der Waals surface area contributed by atoms with E-state index in [1.807, 2.05) is 34.0 Å². The van der Waals surface area contributed by atoms with Gasteiger partial charge in [-0.1, -0.05) is 11.3 Å². The summed E-state index contributed by atoms with van der Waals surface area (Å²) < 4.78 is 7.25. The highest BCUT2D eigenvalue weighted by atomic mass is 32.1. The van der Waals surface area contributed by atoms with Crippen LogP contribution in [0.5, 0.6) is 0 Å². The number of amides is 1. The first-order valence-electron chi connectivity index (χ1n) is 7.44. The Kier molecular flexibility index (Phi) is 4.54. The molecule has 7 heteroatoms. The summed E-state index contributed by atoms with van der Waals surface area (Å²) in [6.45, 7) is 4.61. The van der Waals surface area contributed by atoms with Gasteiger partial charge in [0.05, 0.1) is 25.3 Å². The Labute approximate surface area is 133 Å². The van der Waals surface area contributed by atoms with Crippen molar-refractivity contribution in [3.05, 3.63) is 33.8 Å². The third-order valence-corrected chi connectivity index (χ3v) is 4.82. The van der Waals surface area contributed by atoms with Gasteiger partial charge < -0.3 is 9.64 Å². The van der Waals surface area contributed by atoms with E-state index in [4.69, 9.17) is 4.74 Å². The molecule has 3 rings (SSSR count). The number of carbonyl (C=O) groups excluding carboxylic acids is 1. The molecular weight excluding hydrogens is 300 g/mol. The Bertz CT molecular complexity index is 638. The fraction of sp³-hybridized carbons (Fsp3) is 0.533. The van der Waals surface area contributed by atoms with Crippen molar-refractivity contribution < 1.29 is 9.53 Å². The molecule has 0 spiro atoms. The van der Waals surface area contributed by atoms with E-state index in [-0.39, 0.29) is 11.8 Å². The molecule has 0 fully saturated rings. The molecule has 0 bridgehead atoms. The molecule has 0 saturated heterocycles. The highest BCUT2D eigenvalue weighted by molar-refractivity contribution is 7.10. The van der Waals surface area contributed by atoms with Gasteiger partial charge in [0.1, 0.15) is 5.69 Å². The second-order valence-electron chi connectivity index (χ2n) is 5.42. The summed E-state index contributed by atoms with van der Waals surface area (Å²) in [6.07, 6.45) is 0.453. The van der Waals surface area contributed by atoms with Gasteiger partial charge in [0.25, 0.3) is 0 Å². The van der Waals surface area contributed by atoms with Crippen LogP contribution in [-0.4, -0.2) is 46.1 Å². The van der Waals surface area contributed by atoms with Gasteiger partial charge in [-0.25, -0.2) is 4.68 Å². The van der Waals surface area contributed by atoms with Crippen LogP contribution in [-0.2, 0) is 29.0 Å². The number of thiophene rings is 1. The summed E-state index contributed by atoms with van der Waals surface area (Å²) in [5.41, 5.74) is 2.01. The molecular formula is C15H20N4O2S. The van der Waals surface area contributed by atoms with Gasteiger partial charge in [-0.15, -0.1) is 16.4 Å². The van der Waals surface area contributed by atoms with Crippen LogP contribution in [0.1, 0.15) is 29.1 Å². The first kappa shape index (κ1) is 15.2. The lowest BCUT2D eigenvalue weighted by Crippen LogP contribution is -2.40. The largest absolute Gasteiger partial charge is 0.384 e. The zero-order valence-corrected chi connectivity index (χ0v) is 13.7. The summed E-state index contributed by atoms with van der Waals surface area (Å²) in [6, 6.07) is 3.97. The number of hydrogen-bond donors (Lipinski definition) is 0. The lowest BCUT2D eigenvalue weighted by molar-refractivity contribution is -0.132. The van der Waals surface area contributed by atoms with Crippen molar-refractivity contribution in [3.8, 4) is 0 Å². The van der Waals surface area contributed by atoms with Crippen LogP contribution in [0.15, 0.2) is 17.5 Å². The molecule has 2 aromatic heterocycles. The van der Waals surface area contributed by atoms with Crippen LogP contribution in [0, 0.1) is 0 Å². The Hall–Kier alpha value is -1.73. The second kappa shape index (κ2) is 6.58. The van der Waals surface area contributed by atoms with Crippen molar-refractivity contribution in [2.75, 3.05) is 20.3 Å². The van der Waals surface area contributed by atoms with Crippen molar-refractivity contribution >= 4 is 17.2 Å². The fourth-order valence-electron chi connectivity index (χ4n) is 2.94. The number of carbonyl (C=O) groups is 1. The molecule has 1 atom stereocenters. The fourth-order valence-corrected chi connectivity index (χ4v) is 3.64. The highest BCUT2D eigenvalue weighted by Gasteiger charge is 2.32. The van der Waals surface area contributed by atoms with Gasteiger partial charge in [-0.05, 0) is 18.4 Å². The van der Waals surface area contributed by atoms with Crippen LogP contribution < -0.4 is 0 Å². The van der Waals surface area contributed by atoms with Crippen molar-refractivity contribution in [2.24, 2.45) is 0 Å². The molecule has 6 nitrogen and oxygen atoms in total. The predicted octanol–water partition coefficient (Wildman–Crippen LogP) is 1.67. The molecule has 0 aromatic carbocycles. The van der Waals surface area contributed by atoms with Crippen LogP contribution >= 0.6 is 11.3 Å². The molecule has 118 valence electrons. The number of methoxy groups -OCH3 is 1. The van der Waals surface area contributed by atoms with Gasteiger partial charge in [0.2, 0.25) is 5.91 Å². The maximum absolute atomic E-state index is 12.5. The third kappa shape index (κ3) is 2.91. The lowest BCUT2D eigenvalue weighted by atomic mass is 9.98. The van der Waals surface area contributed by atoms with Crippen molar-refractivity contribution in [1.29, 1.82) is 0 Å². The summed E-state index contributed by atoms with van der Waals surface area (Å²) in [5.74, 6) is 0.274. The highest BCUT2D eigenvalue weighted by Crippen LogP contribution is 2.28. The molecule has 2 aromatic rings. The van der Waals surface area contributed by atoms with Crippen LogP contribution in [0.4, 0.5) is 0 Å². The van der Waals surface area contributed by atoms with E-state index in [1.165, 1.54) is 0 Å². The van der Waals surface area contributed by atoms with Gasteiger partial charge in [0.15, 0.2) is 0 Å². The summed E-state index contributed by atoms with van der Waals surface area (Å²) in [5, 5.41) is 10.4. The molecule has 0 N–H and O–H groups in total. The van der Waals surface area contributed by atoms with E-state index in [0.29, 0.717) is 26.1 Å². The minimum Gasteiger partial charge on any atom is -0.384 e. The number of nitrogens with zero attached hydrogens (tertiary/aromatic N) is 4. The Morgan fingerprint density at radius 3 is 3.09 bits per heavy atom. The molecule has 0 saturated carbocycles. The standard InChI is InChI=1S/C15H20N4O2S/c1-3-19-15-11(10-21-2)8-18(9-13(15)16-17-19)14(20)7-12-5-4-6-22-12/h4-6,11H,3,7-10H2,1-2H3/t11-/m0/s1. The number of aromatic nitrogens is 3. The Morgan fingerprint density at radius 1 is 1.55 bits per heavy atom. The Balaban J connectivity index is 1.79. The van der Waals surface area contributed by atoms with Crippen molar-refractivity contribution in [3.63, 3.8) is 0 Å². The van der Waals surface area contributed by atoms with E-state index in [2.05, 4.69) is 10.3 Å². The van der Waals surface area contributed by atoms with E-state index >= 15 is 0 Å². The summed E-state index contributed by atoms with van der Waals surface area (Å²) in [7, 11) is 1.69. The molecule has 1 aliphatic heterocycles. The van der Waals surface area contributed by atoms with Crippen molar-refractivity contribution in [2.45, 2.75) is 32.4 Å². The van der Waals surface area contributed by atoms with E-state index < -0.39 is 0 Å². The summed E-state index contributed by atoms with van der Waals surface area (Å²) in [4.78, 5) is 15.5. The zero-order chi connectivity index (χ0) is 15.5. The molecule has 0 aliphatic carbocycles. The van der Waals surface area contributed by atoms with Gasteiger partial charge in [-0.3, -0.25) is 4.79 Å². The second-order valence-corrected chi connectivity index (χ2v) is 6.45. The average molecular weight is 320 g/mol. The monoisotopic (exact) mass is 320 g/mol. The van der Waals surface area contributed by atoms with Gasteiger partial charge in [-0.2, -0.15) is 0 Å². The van der Waals surface area contributed by atoms with Crippen LogP contribution in [0.25, 0.3) is 0 Å². The SMILES string of the molecule is CCn1nnc2c1[C@H](COC)CN(C(=O)Cc1cccs1)C2.